The van der Waals surface area contributed by atoms with Crippen LogP contribution in [-0.4, -0.2) is 10.1 Å². The Hall–Kier alpha value is -0.120. The van der Waals surface area contributed by atoms with Gasteiger partial charge in [0.2, 0.25) is 0 Å². The average Bonchev–Trinajstić information content (AvgIpc) is 2.68. The first-order chi connectivity index (χ1) is 7.58. The third-order valence-corrected chi connectivity index (χ3v) is 5.02. The Labute approximate surface area is 106 Å². The maximum absolute atomic E-state index is 10.3. The Morgan fingerprint density at radius 2 is 2.19 bits per heavy atom. The fraction of sp³-hybridized carbons (Fsp3) is 0.750. The first kappa shape index (κ1) is 12.3. The van der Waals surface area contributed by atoms with E-state index in [0.717, 1.165) is 23.8 Å². The van der Waals surface area contributed by atoms with Gasteiger partial charge in [0.05, 0.1) is 6.20 Å². The first-order valence-electron chi connectivity index (χ1n) is 5.87. The van der Waals surface area contributed by atoms with Crippen LogP contribution in [0, 0.1) is 17.8 Å². The number of rotatable bonds is 2. The Morgan fingerprint density at radius 3 is 2.75 bits per heavy atom. The highest BCUT2D eigenvalue weighted by atomic mass is 35.5. The highest BCUT2D eigenvalue weighted by Gasteiger charge is 2.31. The van der Waals surface area contributed by atoms with E-state index in [-0.39, 0.29) is 0 Å². The molecule has 90 valence electrons. The van der Waals surface area contributed by atoms with E-state index in [1.165, 1.54) is 17.8 Å². The molecule has 0 aromatic carbocycles. The van der Waals surface area contributed by atoms with Crippen molar-refractivity contribution < 1.29 is 5.11 Å². The molecule has 16 heavy (non-hydrogen) atoms. The summed E-state index contributed by atoms with van der Waals surface area (Å²) >= 11 is 7.24. The molecule has 1 saturated carbocycles. The summed E-state index contributed by atoms with van der Waals surface area (Å²) in [7, 11) is 0. The molecule has 4 unspecified atom stereocenters. The zero-order chi connectivity index (χ0) is 11.7. The first-order valence-corrected chi connectivity index (χ1v) is 7.06. The van der Waals surface area contributed by atoms with Crippen LogP contribution in [0.25, 0.3) is 0 Å². The van der Waals surface area contributed by atoms with E-state index in [0.29, 0.717) is 16.2 Å². The smallest absolute Gasteiger partial charge is 0.123 e. The molecule has 1 heterocycles. The van der Waals surface area contributed by atoms with Crippen LogP contribution in [-0.2, 0) is 0 Å². The number of nitrogens with zero attached hydrogens (tertiary/aromatic N) is 1. The number of aliphatic hydroxyl groups excluding tert-OH is 1. The van der Waals surface area contributed by atoms with Gasteiger partial charge < -0.3 is 5.11 Å². The summed E-state index contributed by atoms with van der Waals surface area (Å²) in [6.45, 7) is 4.58. The number of aliphatic hydroxyl groups is 1. The van der Waals surface area contributed by atoms with E-state index < -0.39 is 6.10 Å². The van der Waals surface area contributed by atoms with Crippen molar-refractivity contribution in [2.24, 2.45) is 17.8 Å². The summed E-state index contributed by atoms with van der Waals surface area (Å²) < 4.78 is 0.659. The largest absolute Gasteiger partial charge is 0.386 e. The molecule has 0 bridgehead atoms. The van der Waals surface area contributed by atoms with Gasteiger partial charge in [0.1, 0.15) is 15.4 Å². The summed E-state index contributed by atoms with van der Waals surface area (Å²) in [6, 6.07) is 0. The summed E-state index contributed by atoms with van der Waals surface area (Å²) in [5.41, 5.74) is 0. The monoisotopic (exact) mass is 259 g/mol. The Balaban J connectivity index is 2.02. The average molecular weight is 260 g/mol. The maximum Gasteiger partial charge on any atom is 0.123 e. The minimum absolute atomic E-state index is 0.355. The Bertz CT molecular complexity index is 355. The highest BCUT2D eigenvalue weighted by Crippen LogP contribution is 2.40. The lowest BCUT2D eigenvalue weighted by molar-refractivity contribution is 0.0559. The van der Waals surface area contributed by atoms with Gasteiger partial charge in [-0.05, 0) is 30.6 Å². The van der Waals surface area contributed by atoms with E-state index in [4.69, 9.17) is 11.6 Å². The van der Waals surface area contributed by atoms with Crippen LogP contribution in [0.15, 0.2) is 6.20 Å². The molecule has 0 saturated heterocycles. The predicted molar refractivity (Wildman–Crippen MR) is 67.8 cm³/mol. The van der Waals surface area contributed by atoms with Crippen LogP contribution in [0.5, 0.6) is 0 Å². The molecule has 2 nitrogen and oxygen atoms in total. The van der Waals surface area contributed by atoms with Gasteiger partial charge in [-0.15, -0.1) is 11.3 Å². The molecule has 1 aliphatic carbocycles. The van der Waals surface area contributed by atoms with Crippen LogP contribution in [0.4, 0.5) is 0 Å². The second-order valence-corrected chi connectivity index (χ2v) is 6.67. The molecule has 1 N–H and O–H groups in total. The van der Waals surface area contributed by atoms with Crippen molar-refractivity contribution in [1.82, 2.24) is 4.98 Å². The van der Waals surface area contributed by atoms with Gasteiger partial charge in [-0.3, -0.25) is 0 Å². The third-order valence-electron chi connectivity index (χ3n) is 3.83. The van der Waals surface area contributed by atoms with E-state index in [1.807, 2.05) is 0 Å². The van der Waals surface area contributed by atoms with Gasteiger partial charge in [-0.1, -0.05) is 31.9 Å². The van der Waals surface area contributed by atoms with Crippen LogP contribution in [0.1, 0.15) is 44.2 Å². The summed E-state index contributed by atoms with van der Waals surface area (Å²) in [4.78, 5) is 4.17. The lowest BCUT2D eigenvalue weighted by atomic mass is 9.74. The fourth-order valence-corrected chi connectivity index (χ4v) is 3.49. The van der Waals surface area contributed by atoms with Crippen molar-refractivity contribution in [2.75, 3.05) is 0 Å². The van der Waals surface area contributed by atoms with Crippen molar-refractivity contribution in [2.45, 2.75) is 39.2 Å². The lowest BCUT2D eigenvalue weighted by Gasteiger charge is -2.33. The predicted octanol–water partition coefficient (Wildman–Crippen LogP) is 3.90. The normalized spacial score (nSPS) is 32.6. The molecule has 0 spiro atoms. The highest BCUT2D eigenvalue weighted by molar-refractivity contribution is 7.15. The number of thiazole rings is 1. The van der Waals surface area contributed by atoms with E-state index in [1.54, 1.807) is 6.20 Å². The van der Waals surface area contributed by atoms with Gasteiger partial charge in [-0.25, -0.2) is 4.98 Å². The lowest BCUT2D eigenvalue weighted by Crippen LogP contribution is -2.25. The van der Waals surface area contributed by atoms with Crippen LogP contribution in [0.3, 0.4) is 0 Å². The van der Waals surface area contributed by atoms with Gasteiger partial charge >= 0.3 is 0 Å². The second kappa shape index (κ2) is 5.03. The van der Waals surface area contributed by atoms with Gasteiger partial charge in [0.15, 0.2) is 0 Å². The zero-order valence-corrected chi connectivity index (χ0v) is 11.3. The minimum Gasteiger partial charge on any atom is -0.386 e. The van der Waals surface area contributed by atoms with Crippen molar-refractivity contribution in [3.8, 4) is 0 Å². The van der Waals surface area contributed by atoms with Gasteiger partial charge in [0, 0.05) is 0 Å². The van der Waals surface area contributed by atoms with Crippen LogP contribution < -0.4 is 0 Å². The molecule has 1 aromatic heterocycles. The van der Waals surface area contributed by atoms with Crippen molar-refractivity contribution in [3.05, 3.63) is 15.5 Å². The maximum atomic E-state index is 10.3. The zero-order valence-electron chi connectivity index (χ0n) is 9.69. The van der Waals surface area contributed by atoms with E-state index in [2.05, 4.69) is 18.8 Å². The second-order valence-electron chi connectivity index (χ2n) is 4.98. The number of hydrogen-bond donors (Lipinski definition) is 1. The molecule has 1 aromatic rings. The van der Waals surface area contributed by atoms with Crippen LogP contribution in [0.2, 0.25) is 4.34 Å². The molecule has 2 rings (SSSR count). The van der Waals surface area contributed by atoms with Crippen molar-refractivity contribution >= 4 is 22.9 Å². The molecule has 4 atom stereocenters. The number of aromatic nitrogens is 1. The molecule has 4 heteroatoms. The van der Waals surface area contributed by atoms with Gasteiger partial charge in [-0.2, -0.15) is 0 Å². The fourth-order valence-electron chi connectivity index (χ4n) is 2.48. The summed E-state index contributed by atoms with van der Waals surface area (Å²) in [5.74, 6) is 1.83. The van der Waals surface area contributed by atoms with E-state index in [9.17, 15) is 5.11 Å². The summed E-state index contributed by atoms with van der Waals surface area (Å²) in [5, 5.41) is 11.0. The number of halogens is 1. The van der Waals surface area contributed by atoms with Crippen molar-refractivity contribution in [3.63, 3.8) is 0 Å². The molecule has 1 aliphatic rings. The molecule has 0 radical (unpaired) electrons. The topological polar surface area (TPSA) is 33.1 Å². The standard InChI is InChI=1S/C12H18ClNOS/c1-7-3-4-9(5-8(7)2)11(15)12-14-6-10(13)16-12/h6-9,11,15H,3-5H2,1-2H3. The molecule has 0 amide bonds. The number of hydrogen-bond acceptors (Lipinski definition) is 3. The summed E-state index contributed by atoms with van der Waals surface area (Å²) in [6.07, 6.45) is 4.61. The molecular formula is C12H18ClNOS. The van der Waals surface area contributed by atoms with Crippen LogP contribution >= 0.6 is 22.9 Å². The molecule has 0 aliphatic heterocycles. The Morgan fingerprint density at radius 1 is 1.44 bits per heavy atom. The third kappa shape index (κ3) is 2.58. The van der Waals surface area contributed by atoms with Gasteiger partial charge in [0.25, 0.3) is 0 Å². The minimum atomic E-state index is -0.424. The SMILES string of the molecule is CC1CCC(C(O)c2ncc(Cl)s2)CC1C. The molecular weight excluding hydrogens is 242 g/mol. The quantitative estimate of drug-likeness (QED) is 0.874. The molecule has 1 fully saturated rings. The Kier molecular flexibility index (Phi) is 3.88. The van der Waals surface area contributed by atoms with Crippen molar-refractivity contribution in [1.29, 1.82) is 0 Å². The van der Waals surface area contributed by atoms with E-state index >= 15 is 0 Å².